The van der Waals surface area contributed by atoms with Gasteiger partial charge in [0, 0.05) is 36.7 Å². The second-order valence-electron chi connectivity index (χ2n) is 9.50. The van der Waals surface area contributed by atoms with Crippen LogP contribution in [0.4, 0.5) is 0 Å². The molecule has 0 radical (unpaired) electrons. The molecule has 4 aliphatic rings. The Balaban J connectivity index is 1.19. The third kappa shape index (κ3) is 4.53. The first-order valence-electron chi connectivity index (χ1n) is 11.6. The highest BCUT2D eigenvalue weighted by molar-refractivity contribution is 7.89. The van der Waals surface area contributed by atoms with Gasteiger partial charge in [-0.3, -0.25) is 4.79 Å². The highest BCUT2D eigenvalue weighted by Gasteiger charge is 2.47. The van der Waals surface area contributed by atoms with Crippen molar-refractivity contribution in [2.24, 2.45) is 5.92 Å². The number of amides is 1. The summed E-state index contributed by atoms with van der Waals surface area (Å²) in [7, 11) is -3.28. The SMILES string of the molecule is O=C(NC1C[C@H]2CC[C@@H](C1)N2S(=O)(=O)CC1CCNCC1)c1cc(C2CCOC2)on1. The molecule has 0 spiro atoms. The molecule has 4 fully saturated rings. The molecule has 1 aromatic rings. The molecule has 4 aliphatic heterocycles. The molecular formula is C21H32N4O5S. The maximum atomic E-state index is 13.2. The van der Waals surface area contributed by atoms with E-state index in [9.17, 15) is 13.2 Å². The van der Waals surface area contributed by atoms with Crippen molar-refractivity contribution in [2.75, 3.05) is 32.1 Å². The number of aromatic nitrogens is 1. The standard InChI is InChI=1S/C21H32N4O5S/c26-21(19-11-20(30-24-19)15-5-8-29-12-15)23-16-9-17-1-2-18(10-16)25(17)31(27,28)13-14-3-6-22-7-4-14/h11,14-18,22H,1-10,12-13H2,(H,23,26)/t15?,16?,17-,18+. The zero-order valence-electron chi connectivity index (χ0n) is 17.8. The summed E-state index contributed by atoms with van der Waals surface area (Å²) in [5.41, 5.74) is 0.287. The second-order valence-corrected chi connectivity index (χ2v) is 11.4. The predicted octanol–water partition coefficient (Wildman–Crippen LogP) is 1.23. The van der Waals surface area contributed by atoms with Gasteiger partial charge in [0.2, 0.25) is 10.0 Å². The number of nitrogens with zero attached hydrogens (tertiary/aromatic N) is 2. The van der Waals surface area contributed by atoms with Crippen LogP contribution in [0.2, 0.25) is 0 Å². The average molecular weight is 453 g/mol. The van der Waals surface area contributed by atoms with Crippen LogP contribution in [0.25, 0.3) is 0 Å². The van der Waals surface area contributed by atoms with E-state index in [4.69, 9.17) is 9.26 Å². The topological polar surface area (TPSA) is 114 Å². The molecule has 2 N–H and O–H groups in total. The lowest BCUT2D eigenvalue weighted by molar-refractivity contribution is 0.0900. The van der Waals surface area contributed by atoms with E-state index in [1.807, 2.05) is 0 Å². The Bertz CT molecular complexity index is 877. The van der Waals surface area contributed by atoms with Crippen LogP contribution in [0.15, 0.2) is 10.6 Å². The van der Waals surface area contributed by atoms with E-state index in [1.165, 1.54) is 0 Å². The van der Waals surface area contributed by atoms with E-state index in [-0.39, 0.29) is 47.3 Å². The van der Waals surface area contributed by atoms with Crippen molar-refractivity contribution in [3.05, 3.63) is 17.5 Å². The van der Waals surface area contributed by atoms with Crippen molar-refractivity contribution in [1.82, 2.24) is 20.1 Å². The summed E-state index contributed by atoms with van der Waals surface area (Å²) in [4.78, 5) is 12.7. The Morgan fingerprint density at radius 1 is 1.16 bits per heavy atom. The van der Waals surface area contributed by atoms with Crippen molar-refractivity contribution in [3.8, 4) is 0 Å². The van der Waals surface area contributed by atoms with Gasteiger partial charge in [-0.05, 0) is 64.0 Å². The van der Waals surface area contributed by atoms with Gasteiger partial charge in [-0.15, -0.1) is 0 Å². The lowest BCUT2D eigenvalue weighted by atomic mass is 9.99. The average Bonchev–Trinajstić information content (AvgIpc) is 3.48. The Kier molecular flexibility index (Phi) is 6.07. The Morgan fingerprint density at radius 3 is 2.58 bits per heavy atom. The second kappa shape index (κ2) is 8.80. The van der Waals surface area contributed by atoms with E-state index in [0.29, 0.717) is 31.8 Å². The largest absolute Gasteiger partial charge is 0.381 e. The lowest BCUT2D eigenvalue weighted by Gasteiger charge is -2.39. The minimum absolute atomic E-state index is 0.0146. The summed E-state index contributed by atoms with van der Waals surface area (Å²) < 4.78 is 38.9. The van der Waals surface area contributed by atoms with E-state index in [1.54, 1.807) is 10.4 Å². The van der Waals surface area contributed by atoms with Gasteiger partial charge < -0.3 is 19.9 Å². The van der Waals surface area contributed by atoms with Crippen molar-refractivity contribution in [2.45, 2.75) is 69.0 Å². The maximum Gasteiger partial charge on any atom is 0.273 e. The fourth-order valence-electron chi connectivity index (χ4n) is 5.75. The number of rotatable bonds is 6. The van der Waals surface area contributed by atoms with Gasteiger partial charge in [0.15, 0.2) is 5.69 Å². The summed E-state index contributed by atoms with van der Waals surface area (Å²) in [6, 6.07) is 1.64. The number of carbonyl (C=O) groups is 1. The minimum Gasteiger partial charge on any atom is -0.381 e. The molecule has 172 valence electrons. The van der Waals surface area contributed by atoms with Crippen molar-refractivity contribution in [3.63, 3.8) is 0 Å². The summed E-state index contributed by atoms with van der Waals surface area (Å²) in [6.07, 6.45) is 5.80. The Labute approximate surface area is 183 Å². The molecule has 9 nitrogen and oxygen atoms in total. The van der Waals surface area contributed by atoms with Crippen LogP contribution in [0.3, 0.4) is 0 Å². The van der Waals surface area contributed by atoms with Crippen LogP contribution in [-0.4, -0.2) is 74.0 Å². The van der Waals surface area contributed by atoms with Crippen LogP contribution in [0.1, 0.15) is 67.1 Å². The predicted molar refractivity (Wildman–Crippen MR) is 113 cm³/mol. The monoisotopic (exact) mass is 452 g/mol. The third-order valence-corrected chi connectivity index (χ3v) is 9.45. The van der Waals surface area contributed by atoms with E-state index < -0.39 is 10.0 Å². The summed E-state index contributed by atoms with van der Waals surface area (Å²) in [6.45, 7) is 3.11. The first kappa shape index (κ1) is 21.4. The molecule has 2 unspecified atom stereocenters. The van der Waals surface area contributed by atoms with E-state index >= 15 is 0 Å². The Hall–Kier alpha value is -1.49. The number of hydrogen-bond acceptors (Lipinski definition) is 7. The molecule has 5 rings (SSSR count). The van der Waals surface area contributed by atoms with Crippen LogP contribution in [0.5, 0.6) is 0 Å². The third-order valence-electron chi connectivity index (χ3n) is 7.32. The van der Waals surface area contributed by atoms with Crippen molar-refractivity contribution < 1.29 is 22.5 Å². The molecule has 0 aromatic carbocycles. The van der Waals surface area contributed by atoms with Gasteiger partial charge in [-0.1, -0.05) is 5.16 Å². The quantitative estimate of drug-likeness (QED) is 0.667. The highest BCUT2D eigenvalue weighted by atomic mass is 32.2. The van der Waals surface area contributed by atoms with Crippen LogP contribution in [-0.2, 0) is 14.8 Å². The molecule has 1 aromatic heterocycles. The highest BCUT2D eigenvalue weighted by Crippen LogP contribution is 2.39. The van der Waals surface area contributed by atoms with Gasteiger partial charge >= 0.3 is 0 Å². The number of hydrogen-bond donors (Lipinski definition) is 2. The first-order chi connectivity index (χ1) is 15.0. The molecule has 10 heteroatoms. The normalized spacial score (nSPS) is 32.4. The fraction of sp³-hybridized carbons (Fsp3) is 0.810. The minimum atomic E-state index is -3.28. The molecule has 4 atom stereocenters. The molecular weight excluding hydrogens is 420 g/mol. The summed E-state index contributed by atoms with van der Waals surface area (Å²) in [5, 5.41) is 10.3. The number of sulfonamides is 1. The number of carbonyl (C=O) groups excluding carboxylic acids is 1. The van der Waals surface area contributed by atoms with E-state index in [0.717, 1.165) is 45.2 Å². The van der Waals surface area contributed by atoms with Crippen molar-refractivity contribution >= 4 is 15.9 Å². The summed E-state index contributed by atoms with van der Waals surface area (Å²) in [5.74, 6) is 1.12. The fourth-order valence-corrected chi connectivity index (χ4v) is 8.14. The van der Waals surface area contributed by atoms with Crippen LogP contribution >= 0.6 is 0 Å². The first-order valence-corrected chi connectivity index (χ1v) is 13.2. The van der Waals surface area contributed by atoms with Gasteiger partial charge in [0.05, 0.1) is 12.4 Å². The molecule has 2 bridgehead atoms. The number of fused-ring (bicyclic) bond motifs is 2. The zero-order chi connectivity index (χ0) is 21.4. The number of piperidine rings is 2. The van der Waals surface area contributed by atoms with Crippen molar-refractivity contribution in [1.29, 1.82) is 0 Å². The molecule has 31 heavy (non-hydrogen) atoms. The Morgan fingerprint density at radius 2 is 1.90 bits per heavy atom. The number of ether oxygens (including phenoxy) is 1. The molecule has 0 aliphatic carbocycles. The summed E-state index contributed by atoms with van der Waals surface area (Å²) >= 11 is 0. The molecule has 4 saturated heterocycles. The van der Waals surface area contributed by atoms with Gasteiger partial charge in [-0.25, -0.2) is 8.42 Å². The molecule has 0 saturated carbocycles. The number of nitrogens with one attached hydrogen (secondary N) is 2. The maximum absolute atomic E-state index is 13.2. The van der Waals surface area contributed by atoms with E-state index in [2.05, 4.69) is 15.8 Å². The van der Waals surface area contributed by atoms with Gasteiger partial charge in [0.1, 0.15) is 5.76 Å². The van der Waals surface area contributed by atoms with Gasteiger partial charge in [-0.2, -0.15) is 4.31 Å². The molecule has 1 amide bonds. The smallest absolute Gasteiger partial charge is 0.273 e. The zero-order valence-corrected chi connectivity index (χ0v) is 18.6. The van der Waals surface area contributed by atoms with Crippen LogP contribution in [0, 0.1) is 5.92 Å². The lowest BCUT2D eigenvalue weighted by Crippen LogP contribution is -2.53. The molecule has 5 heterocycles. The van der Waals surface area contributed by atoms with Gasteiger partial charge in [0.25, 0.3) is 5.91 Å². The van der Waals surface area contributed by atoms with Crippen LogP contribution < -0.4 is 10.6 Å².